The van der Waals surface area contributed by atoms with Crippen LogP contribution in [0.5, 0.6) is 5.75 Å². The lowest BCUT2D eigenvalue weighted by Gasteiger charge is -2.08. The van der Waals surface area contributed by atoms with E-state index in [4.69, 9.17) is 5.73 Å². The minimum atomic E-state index is -3.13. The van der Waals surface area contributed by atoms with Crippen LogP contribution < -0.4 is 10.5 Å². The number of carbonyl (C=O) groups is 1. The summed E-state index contributed by atoms with van der Waals surface area (Å²) in [5, 5.41) is 0. The molecule has 0 aliphatic carbocycles. The molecule has 0 radical (unpaired) electrons. The Balaban J connectivity index is 3.14. The van der Waals surface area contributed by atoms with E-state index >= 15 is 0 Å². The molecule has 0 atom stereocenters. The van der Waals surface area contributed by atoms with Gasteiger partial charge in [-0.25, -0.2) is 4.39 Å². The number of halogens is 3. The molecule has 0 aliphatic rings. The smallest absolute Gasteiger partial charge is 0.387 e. The Kier molecular flexibility index (Phi) is 2.95. The molecular weight excluding hydrogens is 199 g/mol. The average Bonchev–Trinajstić information content (AvgIpc) is 2.01. The van der Waals surface area contributed by atoms with Gasteiger partial charge in [-0.2, -0.15) is 8.78 Å². The molecule has 76 valence electrons. The first-order chi connectivity index (χ1) is 6.52. The Morgan fingerprint density at radius 3 is 2.57 bits per heavy atom. The maximum atomic E-state index is 12.9. The standard InChI is InChI=1S/C8H6F3NO2/c9-4-2-1-3-5(14-8(10)11)6(4)7(12)13/h1-3,8H,(H2,12,13). The van der Waals surface area contributed by atoms with Gasteiger partial charge in [0, 0.05) is 0 Å². The van der Waals surface area contributed by atoms with Gasteiger partial charge >= 0.3 is 6.61 Å². The molecule has 3 nitrogen and oxygen atoms in total. The van der Waals surface area contributed by atoms with Crippen LogP contribution >= 0.6 is 0 Å². The molecule has 0 fully saturated rings. The average molecular weight is 205 g/mol. The highest BCUT2D eigenvalue weighted by Crippen LogP contribution is 2.22. The van der Waals surface area contributed by atoms with Crippen molar-refractivity contribution in [3.63, 3.8) is 0 Å². The Bertz CT molecular complexity index is 354. The van der Waals surface area contributed by atoms with Crippen LogP contribution in [0, 0.1) is 5.82 Å². The van der Waals surface area contributed by atoms with Crippen molar-refractivity contribution in [2.45, 2.75) is 6.61 Å². The number of primary amides is 1. The number of alkyl halides is 2. The third-order valence-corrected chi connectivity index (χ3v) is 1.44. The van der Waals surface area contributed by atoms with Gasteiger partial charge in [0.1, 0.15) is 17.1 Å². The maximum Gasteiger partial charge on any atom is 0.387 e. The zero-order chi connectivity index (χ0) is 10.7. The van der Waals surface area contributed by atoms with E-state index in [9.17, 15) is 18.0 Å². The Hall–Kier alpha value is -1.72. The van der Waals surface area contributed by atoms with Crippen molar-refractivity contribution in [3.8, 4) is 5.75 Å². The predicted molar refractivity (Wildman–Crippen MR) is 41.5 cm³/mol. The van der Waals surface area contributed by atoms with E-state index in [2.05, 4.69) is 4.74 Å². The first-order valence-corrected chi connectivity index (χ1v) is 3.55. The minimum absolute atomic E-state index is 0.562. The quantitative estimate of drug-likeness (QED) is 0.813. The normalized spacial score (nSPS) is 10.3. The van der Waals surface area contributed by atoms with Crippen molar-refractivity contribution >= 4 is 5.91 Å². The van der Waals surface area contributed by atoms with Gasteiger partial charge in [-0.1, -0.05) is 6.07 Å². The molecule has 1 rings (SSSR count). The topological polar surface area (TPSA) is 52.3 Å². The molecule has 2 N–H and O–H groups in total. The summed E-state index contributed by atoms with van der Waals surface area (Å²) in [5.74, 6) is -2.71. The highest BCUT2D eigenvalue weighted by molar-refractivity contribution is 5.95. The number of nitrogens with two attached hydrogens (primary N) is 1. The summed E-state index contributed by atoms with van der Waals surface area (Å²) in [4.78, 5) is 10.7. The molecule has 0 aromatic heterocycles. The summed E-state index contributed by atoms with van der Waals surface area (Å²) in [5.41, 5.74) is 4.11. The molecule has 1 aromatic rings. The van der Waals surface area contributed by atoms with Gasteiger partial charge in [0.25, 0.3) is 5.91 Å². The molecule has 0 saturated carbocycles. The van der Waals surface area contributed by atoms with Crippen molar-refractivity contribution in [3.05, 3.63) is 29.6 Å². The summed E-state index contributed by atoms with van der Waals surface area (Å²) in [6.45, 7) is -3.13. The zero-order valence-corrected chi connectivity index (χ0v) is 6.84. The van der Waals surface area contributed by atoms with Crippen molar-refractivity contribution in [1.82, 2.24) is 0 Å². The summed E-state index contributed by atoms with van der Waals surface area (Å²) in [6, 6.07) is 3.10. The number of carbonyl (C=O) groups excluding carboxylic acids is 1. The first-order valence-electron chi connectivity index (χ1n) is 3.55. The minimum Gasteiger partial charge on any atom is -0.434 e. The van der Waals surface area contributed by atoms with Gasteiger partial charge in [-0.05, 0) is 12.1 Å². The van der Waals surface area contributed by atoms with E-state index in [0.717, 1.165) is 18.2 Å². The second-order valence-electron chi connectivity index (χ2n) is 2.36. The summed E-state index contributed by atoms with van der Waals surface area (Å²) >= 11 is 0. The van der Waals surface area contributed by atoms with Crippen LogP contribution in [0.25, 0.3) is 0 Å². The number of hydrogen-bond acceptors (Lipinski definition) is 2. The zero-order valence-electron chi connectivity index (χ0n) is 6.84. The van der Waals surface area contributed by atoms with Gasteiger partial charge in [-0.3, -0.25) is 4.79 Å². The van der Waals surface area contributed by atoms with Crippen LogP contribution in [0.4, 0.5) is 13.2 Å². The van der Waals surface area contributed by atoms with Crippen LogP contribution in [0.2, 0.25) is 0 Å². The van der Waals surface area contributed by atoms with E-state index in [-0.39, 0.29) is 0 Å². The number of amides is 1. The highest BCUT2D eigenvalue weighted by Gasteiger charge is 2.17. The van der Waals surface area contributed by atoms with E-state index in [1.807, 2.05) is 0 Å². The fourth-order valence-electron chi connectivity index (χ4n) is 0.938. The predicted octanol–water partition coefficient (Wildman–Crippen LogP) is 1.53. The van der Waals surface area contributed by atoms with Crippen molar-refractivity contribution < 1.29 is 22.7 Å². The third kappa shape index (κ3) is 2.15. The van der Waals surface area contributed by atoms with Crippen molar-refractivity contribution in [1.29, 1.82) is 0 Å². The van der Waals surface area contributed by atoms with Crippen LogP contribution in [0.3, 0.4) is 0 Å². The molecule has 1 amide bonds. The molecular formula is C8H6F3NO2. The highest BCUT2D eigenvalue weighted by atomic mass is 19.3. The van der Waals surface area contributed by atoms with Crippen LogP contribution in [-0.2, 0) is 0 Å². The van der Waals surface area contributed by atoms with E-state index < -0.39 is 29.6 Å². The van der Waals surface area contributed by atoms with Crippen LogP contribution in [-0.4, -0.2) is 12.5 Å². The van der Waals surface area contributed by atoms with E-state index in [1.54, 1.807) is 0 Å². The Labute approximate surface area is 77.3 Å². The number of hydrogen-bond donors (Lipinski definition) is 1. The van der Waals surface area contributed by atoms with Gasteiger partial charge in [0.05, 0.1) is 0 Å². The number of benzene rings is 1. The molecule has 0 bridgehead atoms. The molecule has 0 aliphatic heterocycles. The van der Waals surface area contributed by atoms with Gasteiger partial charge < -0.3 is 10.5 Å². The molecule has 0 saturated heterocycles. The summed E-state index contributed by atoms with van der Waals surface area (Å²) in [6.07, 6.45) is 0. The lowest BCUT2D eigenvalue weighted by molar-refractivity contribution is -0.0503. The second-order valence-corrected chi connectivity index (χ2v) is 2.36. The van der Waals surface area contributed by atoms with Crippen LogP contribution in [0.1, 0.15) is 10.4 Å². The van der Waals surface area contributed by atoms with Gasteiger partial charge in [0.15, 0.2) is 0 Å². The monoisotopic (exact) mass is 205 g/mol. The lowest BCUT2D eigenvalue weighted by Crippen LogP contribution is -2.16. The molecule has 0 spiro atoms. The second kappa shape index (κ2) is 3.99. The largest absolute Gasteiger partial charge is 0.434 e. The SMILES string of the molecule is NC(=O)c1c(F)cccc1OC(F)F. The fourth-order valence-corrected chi connectivity index (χ4v) is 0.938. The molecule has 1 aromatic carbocycles. The number of rotatable bonds is 3. The molecule has 14 heavy (non-hydrogen) atoms. The summed E-state index contributed by atoms with van der Waals surface area (Å²) in [7, 11) is 0. The molecule has 0 heterocycles. The molecule has 6 heteroatoms. The van der Waals surface area contributed by atoms with Crippen molar-refractivity contribution in [2.75, 3.05) is 0 Å². The number of ether oxygens (including phenoxy) is 1. The first kappa shape index (κ1) is 10.4. The lowest BCUT2D eigenvalue weighted by atomic mass is 10.2. The molecule has 0 unspecified atom stereocenters. The van der Waals surface area contributed by atoms with Crippen molar-refractivity contribution in [2.24, 2.45) is 5.73 Å². The maximum absolute atomic E-state index is 12.9. The summed E-state index contributed by atoms with van der Waals surface area (Å²) < 4.78 is 40.4. The Morgan fingerprint density at radius 2 is 2.07 bits per heavy atom. The van der Waals surface area contributed by atoms with Gasteiger partial charge in [-0.15, -0.1) is 0 Å². The van der Waals surface area contributed by atoms with Gasteiger partial charge in [0.2, 0.25) is 0 Å². The van der Waals surface area contributed by atoms with Crippen LogP contribution in [0.15, 0.2) is 18.2 Å². The third-order valence-electron chi connectivity index (χ3n) is 1.44. The Morgan fingerprint density at radius 1 is 1.43 bits per heavy atom. The van der Waals surface area contributed by atoms with E-state index in [0.29, 0.717) is 0 Å². The van der Waals surface area contributed by atoms with E-state index in [1.165, 1.54) is 0 Å². The fraction of sp³-hybridized carbons (Fsp3) is 0.125.